The zero-order chi connectivity index (χ0) is 12.1. The lowest BCUT2D eigenvalue weighted by Gasteiger charge is -2.33. The number of carbonyl (C=O) groups is 1. The highest BCUT2D eigenvalue weighted by molar-refractivity contribution is 9.09. The minimum absolute atomic E-state index is 0.0706. The first-order chi connectivity index (χ1) is 8.29. The summed E-state index contributed by atoms with van der Waals surface area (Å²) in [7, 11) is 0. The molecule has 4 nitrogen and oxygen atoms in total. The Morgan fingerprint density at radius 3 is 2.82 bits per heavy atom. The summed E-state index contributed by atoms with van der Waals surface area (Å²) in [5, 5.41) is 3.39. The molecule has 5 heteroatoms. The highest BCUT2D eigenvalue weighted by Crippen LogP contribution is 2.17. The van der Waals surface area contributed by atoms with E-state index < -0.39 is 0 Å². The van der Waals surface area contributed by atoms with Crippen molar-refractivity contribution in [2.75, 3.05) is 23.3 Å². The summed E-state index contributed by atoms with van der Waals surface area (Å²) in [5.41, 5.74) is 0. The molecule has 1 saturated heterocycles. The van der Waals surface area contributed by atoms with Crippen LogP contribution in [0.2, 0.25) is 0 Å². The molecule has 1 amide bonds. The lowest BCUT2D eigenvalue weighted by atomic mass is 10.1. The first-order valence-corrected chi connectivity index (χ1v) is 6.93. The van der Waals surface area contributed by atoms with Gasteiger partial charge in [0.05, 0.1) is 5.33 Å². The number of hydrogen-bond acceptors (Lipinski definition) is 3. The van der Waals surface area contributed by atoms with Gasteiger partial charge in [0.15, 0.2) is 0 Å². The van der Waals surface area contributed by atoms with Crippen molar-refractivity contribution in [3.8, 4) is 0 Å². The SMILES string of the molecule is O=C(CBr)NC1CCN(c2ccccn2)CC1. The van der Waals surface area contributed by atoms with Gasteiger partial charge in [-0.2, -0.15) is 0 Å². The molecule has 0 aliphatic carbocycles. The third-order valence-electron chi connectivity index (χ3n) is 2.95. The Morgan fingerprint density at radius 1 is 1.47 bits per heavy atom. The highest BCUT2D eigenvalue weighted by Gasteiger charge is 2.20. The molecule has 0 atom stereocenters. The van der Waals surface area contributed by atoms with Crippen LogP contribution in [0.25, 0.3) is 0 Å². The maximum atomic E-state index is 11.2. The number of nitrogens with one attached hydrogen (secondary N) is 1. The topological polar surface area (TPSA) is 45.2 Å². The van der Waals surface area contributed by atoms with Gasteiger partial charge in [0.2, 0.25) is 5.91 Å². The fourth-order valence-electron chi connectivity index (χ4n) is 2.06. The van der Waals surface area contributed by atoms with Gasteiger partial charge in [0.1, 0.15) is 5.82 Å². The lowest BCUT2D eigenvalue weighted by Crippen LogP contribution is -2.45. The molecule has 1 fully saturated rings. The monoisotopic (exact) mass is 297 g/mol. The van der Waals surface area contributed by atoms with E-state index in [0.29, 0.717) is 11.4 Å². The van der Waals surface area contributed by atoms with Crippen molar-refractivity contribution in [2.45, 2.75) is 18.9 Å². The number of amides is 1. The Kier molecular flexibility index (Phi) is 4.36. The van der Waals surface area contributed by atoms with Gasteiger partial charge in [-0.3, -0.25) is 4.79 Å². The number of piperidine rings is 1. The van der Waals surface area contributed by atoms with Gasteiger partial charge in [0.25, 0.3) is 0 Å². The number of anilines is 1. The molecule has 1 aliphatic rings. The maximum absolute atomic E-state index is 11.2. The number of pyridine rings is 1. The van der Waals surface area contributed by atoms with E-state index >= 15 is 0 Å². The van der Waals surface area contributed by atoms with Gasteiger partial charge < -0.3 is 10.2 Å². The predicted octanol–water partition coefficient (Wildman–Crippen LogP) is 1.56. The lowest BCUT2D eigenvalue weighted by molar-refractivity contribution is -0.119. The van der Waals surface area contributed by atoms with Crippen molar-refractivity contribution in [3.05, 3.63) is 24.4 Å². The number of alkyl halides is 1. The molecule has 0 bridgehead atoms. The van der Waals surface area contributed by atoms with Crippen molar-refractivity contribution in [1.82, 2.24) is 10.3 Å². The summed E-state index contributed by atoms with van der Waals surface area (Å²) in [6, 6.07) is 6.25. The molecule has 0 aromatic carbocycles. The summed E-state index contributed by atoms with van der Waals surface area (Å²) < 4.78 is 0. The van der Waals surface area contributed by atoms with Crippen LogP contribution < -0.4 is 10.2 Å². The van der Waals surface area contributed by atoms with Crippen LogP contribution in [-0.2, 0) is 4.79 Å². The highest BCUT2D eigenvalue weighted by atomic mass is 79.9. The van der Waals surface area contributed by atoms with Crippen LogP contribution in [0.4, 0.5) is 5.82 Å². The quantitative estimate of drug-likeness (QED) is 0.861. The van der Waals surface area contributed by atoms with E-state index in [1.165, 1.54) is 0 Å². The zero-order valence-electron chi connectivity index (χ0n) is 9.60. The molecular formula is C12H16BrN3O. The molecule has 0 unspecified atom stereocenters. The van der Waals surface area contributed by atoms with E-state index in [0.717, 1.165) is 31.7 Å². The molecule has 1 N–H and O–H groups in total. The van der Waals surface area contributed by atoms with Crippen molar-refractivity contribution in [2.24, 2.45) is 0 Å². The zero-order valence-corrected chi connectivity index (χ0v) is 11.2. The Bertz CT molecular complexity index is 363. The second-order valence-electron chi connectivity index (χ2n) is 4.15. The van der Waals surface area contributed by atoms with Crippen LogP contribution in [0.1, 0.15) is 12.8 Å². The summed E-state index contributed by atoms with van der Waals surface area (Å²) in [6.07, 6.45) is 3.78. The number of nitrogens with zero attached hydrogens (tertiary/aromatic N) is 2. The number of carbonyl (C=O) groups excluding carboxylic acids is 1. The van der Waals surface area contributed by atoms with Crippen LogP contribution in [-0.4, -0.2) is 35.4 Å². The van der Waals surface area contributed by atoms with Crippen LogP contribution >= 0.6 is 15.9 Å². The largest absolute Gasteiger partial charge is 0.356 e. The Balaban J connectivity index is 1.84. The van der Waals surface area contributed by atoms with E-state index in [1.54, 1.807) is 0 Å². The fraction of sp³-hybridized carbons (Fsp3) is 0.500. The summed E-state index contributed by atoms with van der Waals surface area (Å²) in [6.45, 7) is 1.90. The molecule has 2 heterocycles. The second-order valence-corrected chi connectivity index (χ2v) is 4.71. The molecule has 17 heavy (non-hydrogen) atoms. The van der Waals surface area contributed by atoms with Gasteiger partial charge in [0, 0.05) is 25.3 Å². The minimum atomic E-state index is 0.0706. The summed E-state index contributed by atoms with van der Waals surface area (Å²) in [4.78, 5) is 17.8. The number of aromatic nitrogens is 1. The normalized spacial score (nSPS) is 16.9. The van der Waals surface area contributed by atoms with Crippen LogP contribution in [0.5, 0.6) is 0 Å². The maximum Gasteiger partial charge on any atom is 0.230 e. The molecular weight excluding hydrogens is 282 g/mol. The Labute approximate surface area is 110 Å². The number of rotatable bonds is 3. The first kappa shape index (κ1) is 12.4. The van der Waals surface area contributed by atoms with Crippen LogP contribution in [0, 0.1) is 0 Å². The fourth-order valence-corrected chi connectivity index (χ4v) is 2.22. The average Bonchev–Trinajstić information content (AvgIpc) is 2.40. The molecule has 92 valence electrons. The molecule has 2 rings (SSSR count). The smallest absolute Gasteiger partial charge is 0.230 e. The molecule has 1 aromatic rings. The van der Waals surface area contributed by atoms with E-state index in [1.807, 2.05) is 24.4 Å². The molecule has 0 spiro atoms. The van der Waals surface area contributed by atoms with Crippen molar-refractivity contribution in [1.29, 1.82) is 0 Å². The second kappa shape index (κ2) is 6.00. The van der Waals surface area contributed by atoms with Gasteiger partial charge in [-0.25, -0.2) is 4.98 Å². The molecule has 0 radical (unpaired) electrons. The summed E-state index contributed by atoms with van der Waals surface area (Å²) in [5.74, 6) is 1.10. The van der Waals surface area contributed by atoms with E-state index in [2.05, 4.69) is 31.1 Å². The van der Waals surface area contributed by atoms with Crippen molar-refractivity contribution in [3.63, 3.8) is 0 Å². The third kappa shape index (κ3) is 3.43. The number of halogens is 1. The Morgan fingerprint density at radius 2 is 2.24 bits per heavy atom. The van der Waals surface area contributed by atoms with Crippen molar-refractivity contribution >= 4 is 27.7 Å². The van der Waals surface area contributed by atoms with Crippen LogP contribution in [0.15, 0.2) is 24.4 Å². The van der Waals surface area contributed by atoms with Gasteiger partial charge in [-0.15, -0.1) is 0 Å². The third-order valence-corrected chi connectivity index (χ3v) is 3.46. The molecule has 1 aromatic heterocycles. The van der Waals surface area contributed by atoms with Crippen molar-refractivity contribution < 1.29 is 4.79 Å². The van der Waals surface area contributed by atoms with Gasteiger partial charge in [-0.05, 0) is 25.0 Å². The van der Waals surface area contributed by atoms with E-state index in [-0.39, 0.29) is 5.91 Å². The van der Waals surface area contributed by atoms with Gasteiger partial charge >= 0.3 is 0 Å². The number of hydrogen-bond donors (Lipinski definition) is 1. The predicted molar refractivity (Wildman–Crippen MR) is 71.4 cm³/mol. The molecule has 0 saturated carbocycles. The average molecular weight is 298 g/mol. The van der Waals surface area contributed by atoms with E-state index in [4.69, 9.17) is 0 Å². The van der Waals surface area contributed by atoms with Crippen LogP contribution in [0.3, 0.4) is 0 Å². The minimum Gasteiger partial charge on any atom is -0.356 e. The van der Waals surface area contributed by atoms with Gasteiger partial charge in [-0.1, -0.05) is 22.0 Å². The molecule has 1 aliphatic heterocycles. The Hall–Kier alpha value is -1.10. The van der Waals surface area contributed by atoms with E-state index in [9.17, 15) is 4.79 Å². The standard InChI is InChI=1S/C12H16BrN3O/c13-9-12(17)15-10-4-7-16(8-5-10)11-3-1-2-6-14-11/h1-3,6,10H,4-5,7-9H2,(H,15,17). The summed E-state index contributed by atoms with van der Waals surface area (Å²) >= 11 is 3.16. The first-order valence-electron chi connectivity index (χ1n) is 5.81.